The highest BCUT2D eigenvalue weighted by molar-refractivity contribution is 6.05. The first kappa shape index (κ1) is 19.5. The van der Waals surface area contributed by atoms with E-state index in [2.05, 4.69) is 5.32 Å². The summed E-state index contributed by atoms with van der Waals surface area (Å²) < 4.78 is 11.4. The number of nitrogens with one attached hydrogen (secondary N) is 1. The molecule has 0 unspecified atom stereocenters. The van der Waals surface area contributed by atoms with Crippen molar-refractivity contribution in [2.45, 2.75) is 6.92 Å². The molecule has 0 spiro atoms. The van der Waals surface area contributed by atoms with Gasteiger partial charge in [-0.05, 0) is 48.9 Å². The monoisotopic (exact) mass is 402 g/mol. The molecule has 0 saturated heterocycles. The molecule has 0 bridgehead atoms. The van der Waals surface area contributed by atoms with E-state index in [0.717, 1.165) is 11.3 Å². The molecule has 1 aliphatic heterocycles. The first-order valence-electron chi connectivity index (χ1n) is 9.73. The Hall–Kier alpha value is -3.80. The lowest BCUT2D eigenvalue weighted by Crippen LogP contribution is -2.41. The highest BCUT2D eigenvalue weighted by atomic mass is 16.5. The quantitative estimate of drug-likeness (QED) is 0.675. The van der Waals surface area contributed by atoms with Gasteiger partial charge in [0.05, 0.1) is 12.2 Å². The summed E-state index contributed by atoms with van der Waals surface area (Å²) in [5.41, 5.74) is 2.95. The second-order valence-electron chi connectivity index (χ2n) is 7.00. The van der Waals surface area contributed by atoms with Crippen molar-refractivity contribution in [2.24, 2.45) is 0 Å². The molecule has 1 N–H and O–H groups in total. The molecule has 1 heterocycles. The lowest BCUT2D eigenvalue weighted by Gasteiger charge is -2.29. The molecule has 3 aromatic carbocycles. The smallest absolute Gasteiger partial charge is 0.265 e. The minimum Gasteiger partial charge on any atom is -0.492 e. The summed E-state index contributed by atoms with van der Waals surface area (Å²) in [5, 5.41) is 2.86. The van der Waals surface area contributed by atoms with Crippen molar-refractivity contribution in [3.8, 4) is 11.5 Å². The van der Waals surface area contributed by atoms with Crippen molar-refractivity contribution in [2.75, 3.05) is 30.0 Å². The van der Waals surface area contributed by atoms with Gasteiger partial charge in [0.25, 0.3) is 11.8 Å². The van der Waals surface area contributed by atoms with Gasteiger partial charge in [0.1, 0.15) is 18.1 Å². The number of anilines is 2. The zero-order valence-electron chi connectivity index (χ0n) is 16.6. The van der Waals surface area contributed by atoms with Gasteiger partial charge in [-0.15, -0.1) is 0 Å². The number of carbonyl (C=O) groups excluding carboxylic acids is 2. The van der Waals surface area contributed by atoms with Crippen molar-refractivity contribution in [3.05, 3.63) is 83.9 Å². The van der Waals surface area contributed by atoms with Crippen molar-refractivity contribution >= 4 is 23.2 Å². The maximum absolute atomic E-state index is 12.4. The number of carbonyl (C=O) groups is 2. The average molecular weight is 402 g/mol. The van der Waals surface area contributed by atoms with Gasteiger partial charge >= 0.3 is 0 Å². The molecule has 0 saturated carbocycles. The van der Waals surface area contributed by atoms with Gasteiger partial charge in [0, 0.05) is 17.3 Å². The van der Waals surface area contributed by atoms with Gasteiger partial charge in [-0.3, -0.25) is 9.59 Å². The average Bonchev–Trinajstić information content (AvgIpc) is 2.76. The molecule has 1 aliphatic rings. The molecule has 3 aromatic rings. The first-order chi connectivity index (χ1) is 14.6. The Morgan fingerprint density at radius 3 is 2.70 bits per heavy atom. The van der Waals surface area contributed by atoms with E-state index in [1.54, 1.807) is 35.2 Å². The Morgan fingerprint density at radius 1 is 1.07 bits per heavy atom. The van der Waals surface area contributed by atoms with Gasteiger partial charge in [0.2, 0.25) is 0 Å². The number of rotatable bonds is 6. The maximum atomic E-state index is 12.4. The maximum Gasteiger partial charge on any atom is 0.265 e. The van der Waals surface area contributed by atoms with E-state index in [4.69, 9.17) is 9.47 Å². The summed E-state index contributed by atoms with van der Waals surface area (Å²) >= 11 is 0. The summed E-state index contributed by atoms with van der Waals surface area (Å²) in [7, 11) is 0. The zero-order valence-corrected chi connectivity index (χ0v) is 16.6. The van der Waals surface area contributed by atoms with Crippen molar-refractivity contribution in [3.63, 3.8) is 0 Å². The number of hydrogen-bond donors (Lipinski definition) is 1. The Bertz CT molecular complexity index is 1070. The van der Waals surface area contributed by atoms with E-state index >= 15 is 0 Å². The largest absolute Gasteiger partial charge is 0.492 e. The summed E-state index contributed by atoms with van der Waals surface area (Å²) in [6.07, 6.45) is 0. The summed E-state index contributed by atoms with van der Waals surface area (Å²) in [6, 6.07) is 22.0. The zero-order chi connectivity index (χ0) is 20.9. The van der Waals surface area contributed by atoms with Crippen LogP contribution >= 0.6 is 0 Å². The van der Waals surface area contributed by atoms with E-state index in [9.17, 15) is 9.59 Å². The number of fused-ring (bicyclic) bond motifs is 1. The number of ether oxygens (including phenoxy) is 2. The van der Waals surface area contributed by atoms with Crippen molar-refractivity contribution in [1.82, 2.24) is 0 Å². The van der Waals surface area contributed by atoms with Gasteiger partial charge in [-0.25, -0.2) is 0 Å². The van der Waals surface area contributed by atoms with Crippen LogP contribution in [0.1, 0.15) is 15.9 Å². The predicted molar refractivity (Wildman–Crippen MR) is 115 cm³/mol. The molecule has 152 valence electrons. The summed E-state index contributed by atoms with van der Waals surface area (Å²) in [6.45, 7) is 2.72. The minimum atomic E-state index is -0.203. The molecule has 6 heteroatoms. The fourth-order valence-corrected chi connectivity index (χ4v) is 3.28. The van der Waals surface area contributed by atoms with Gasteiger partial charge in [-0.1, -0.05) is 30.3 Å². The molecule has 2 amide bonds. The molecule has 0 radical (unpaired) electrons. The van der Waals surface area contributed by atoms with Crippen LogP contribution in [-0.2, 0) is 4.79 Å². The van der Waals surface area contributed by atoms with Crippen molar-refractivity contribution < 1.29 is 19.1 Å². The normalized spacial score (nSPS) is 12.7. The standard InChI is InChI=1S/C24H22N2O4/c1-17-6-5-9-20(14-17)29-13-12-26-21-11-10-19(15-22(21)30-16-23(26)27)25-24(28)18-7-3-2-4-8-18/h2-11,14-15H,12-13,16H2,1H3,(H,25,28). The van der Waals surface area contributed by atoms with Crippen LogP contribution < -0.4 is 19.7 Å². The molecule has 0 aromatic heterocycles. The van der Waals surface area contributed by atoms with Crippen molar-refractivity contribution in [1.29, 1.82) is 0 Å². The third-order valence-electron chi connectivity index (χ3n) is 4.77. The third-order valence-corrected chi connectivity index (χ3v) is 4.77. The number of nitrogens with zero attached hydrogens (tertiary/aromatic N) is 1. The summed E-state index contributed by atoms with van der Waals surface area (Å²) in [4.78, 5) is 26.4. The van der Waals surface area contributed by atoms with E-state index in [-0.39, 0.29) is 18.4 Å². The fraction of sp³-hybridized carbons (Fsp3) is 0.167. The Morgan fingerprint density at radius 2 is 1.90 bits per heavy atom. The first-order valence-corrected chi connectivity index (χ1v) is 9.73. The van der Waals surface area contributed by atoms with E-state index in [0.29, 0.717) is 35.8 Å². The molecule has 0 fully saturated rings. The van der Waals surface area contributed by atoms with E-state index in [1.807, 2.05) is 49.4 Å². The van der Waals surface area contributed by atoms with E-state index < -0.39 is 0 Å². The van der Waals surface area contributed by atoms with Crippen LogP contribution in [0, 0.1) is 6.92 Å². The van der Waals surface area contributed by atoms with Crippen LogP contribution in [-0.4, -0.2) is 31.6 Å². The number of benzene rings is 3. The molecular formula is C24H22N2O4. The van der Waals surface area contributed by atoms with Gasteiger partial charge in [0.15, 0.2) is 6.61 Å². The van der Waals surface area contributed by atoms with Crippen LogP contribution in [0.5, 0.6) is 11.5 Å². The summed E-state index contributed by atoms with van der Waals surface area (Å²) in [5.74, 6) is 0.994. The minimum absolute atomic E-state index is 0.0481. The molecule has 0 atom stereocenters. The van der Waals surface area contributed by atoms with Crippen LogP contribution in [0.2, 0.25) is 0 Å². The highest BCUT2D eigenvalue weighted by Gasteiger charge is 2.26. The fourth-order valence-electron chi connectivity index (χ4n) is 3.28. The molecule has 30 heavy (non-hydrogen) atoms. The van der Waals surface area contributed by atoms with Crippen LogP contribution in [0.3, 0.4) is 0 Å². The van der Waals surface area contributed by atoms with E-state index in [1.165, 1.54) is 0 Å². The molecule has 6 nitrogen and oxygen atoms in total. The van der Waals surface area contributed by atoms with Crippen LogP contribution in [0.4, 0.5) is 11.4 Å². The SMILES string of the molecule is Cc1cccc(OCCN2C(=O)COc3cc(NC(=O)c4ccccc4)ccc32)c1. The topological polar surface area (TPSA) is 67.9 Å². The number of aryl methyl sites for hydroxylation is 1. The Kier molecular flexibility index (Phi) is 5.66. The molecule has 4 rings (SSSR count). The highest BCUT2D eigenvalue weighted by Crippen LogP contribution is 2.34. The second kappa shape index (κ2) is 8.69. The predicted octanol–water partition coefficient (Wildman–Crippen LogP) is 4.05. The Balaban J connectivity index is 1.44. The van der Waals surface area contributed by atoms with Gasteiger partial charge in [-0.2, -0.15) is 0 Å². The molecular weight excluding hydrogens is 380 g/mol. The lowest BCUT2D eigenvalue weighted by atomic mass is 10.2. The Labute approximate surface area is 175 Å². The number of amides is 2. The lowest BCUT2D eigenvalue weighted by molar-refractivity contribution is -0.121. The molecule has 0 aliphatic carbocycles. The van der Waals surface area contributed by atoms with Crippen LogP contribution in [0.15, 0.2) is 72.8 Å². The third kappa shape index (κ3) is 4.43. The number of hydrogen-bond acceptors (Lipinski definition) is 4. The second-order valence-corrected chi connectivity index (χ2v) is 7.00. The van der Waals surface area contributed by atoms with Crippen LogP contribution in [0.25, 0.3) is 0 Å². The van der Waals surface area contributed by atoms with Gasteiger partial charge < -0.3 is 19.7 Å².